The van der Waals surface area contributed by atoms with Crippen molar-refractivity contribution in [3.05, 3.63) is 0 Å². The minimum Gasteiger partial charge on any atom is -0.381 e. The van der Waals surface area contributed by atoms with Gasteiger partial charge in [-0.15, -0.1) is 0 Å². The maximum atomic E-state index is 5.44. The molecule has 2 rings (SSSR count). The Hall–Kier alpha value is -0.0800. The van der Waals surface area contributed by atoms with Gasteiger partial charge in [-0.3, -0.25) is 0 Å². The van der Waals surface area contributed by atoms with Gasteiger partial charge >= 0.3 is 0 Å². The lowest BCUT2D eigenvalue weighted by Crippen LogP contribution is -2.33. The van der Waals surface area contributed by atoms with E-state index in [9.17, 15) is 0 Å². The summed E-state index contributed by atoms with van der Waals surface area (Å²) in [5.74, 6) is 0. The Labute approximate surface area is 81.0 Å². The van der Waals surface area contributed by atoms with E-state index in [-0.39, 0.29) is 0 Å². The van der Waals surface area contributed by atoms with Crippen molar-refractivity contribution >= 4 is 0 Å². The van der Waals surface area contributed by atoms with Gasteiger partial charge in [0, 0.05) is 25.3 Å². The van der Waals surface area contributed by atoms with Gasteiger partial charge in [-0.2, -0.15) is 0 Å². The molecule has 2 unspecified atom stereocenters. The van der Waals surface area contributed by atoms with Gasteiger partial charge in [0.15, 0.2) is 0 Å². The van der Waals surface area contributed by atoms with Crippen LogP contribution in [-0.4, -0.2) is 25.3 Å². The van der Waals surface area contributed by atoms with Crippen molar-refractivity contribution in [3.8, 4) is 0 Å². The second-order valence-electron chi connectivity index (χ2n) is 5.15. The first-order valence-electron chi connectivity index (χ1n) is 5.52. The molecule has 0 aromatic heterocycles. The second kappa shape index (κ2) is 3.58. The van der Waals surface area contributed by atoms with E-state index in [4.69, 9.17) is 4.74 Å². The Morgan fingerprint density at radius 1 is 1.23 bits per heavy atom. The SMILES string of the molecule is CC1(C)CC1NC1CCCOCC1. The van der Waals surface area contributed by atoms with Crippen LogP contribution in [-0.2, 0) is 4.74 Å². The first-order valence-corrected chi connectivity index (χ1v) is 5.52. The third-order valence-corrected chi connectivity index (χ3v) is 3.40. The smallest absolute Gasteiger partial charge is 0.0480 e. The molecule has 1 saturated heterocycles. The maximum absolute atomic E-state index is 5.44. The molecule has 2 fully saturated rings. The van der Waals surface area contributed by atoms with Crippen LogP contribution >= 0.6 is 0 Å². The summed E-state index contributed by atoms with van der Waals surface area (Å²) in [6.07, 6.45) is 5.08. The topological polar surface area (TPSA) is 21.3 Å². The first-order chi connectivity index (χ1) is 6.18. The van der Waals surface area contributed by atoms with E-state index < -0.39 is 0 Å². The number of hydrogen-bond donors (Lipinski definition) is 1. The molecular weight excluding hydrogens is 162 g/mol. The van der Waals surface area contributed by atoms with Crippen LogP contribution in [0.3, 0.4) is 0 Å². The highest BCUT2D eigenvalue weighted by Gasteiger charge is 2.46. The molecule has 0 aromatic rings. The van der Waals surface area contributed by atoms with Gasteiger partial charge < -0.3 is 10.1 Å². The highest BCUT2D eigenvalue weighted by Crippen LogP contribution is 2.45. The fraction of sp³-hybridized carbons (Fsp3) is 1.00. The standard InChI is InChI=1S/C11H21NO/c1-11(2)8-10(11)12-9-4-3-6-13-7-5-9/h9-10,12H,3-8H2,1-2H3. The molecule has 1 aliphatic heterocycles. The highest BCUT2D eigenvalue weighted by molar-refractivity contribution is 5.02. The lowest BCUT2D eigenvalue weighted by Gasteiger charge is -2.16. The van der Waals surface area contributed by atoms with Crippen LogP contribution in [0, 0.1) is 5.41 Å². The number of hydrogen-bond acceptors (Lipinski definition) is 2. The third-order valence-electron chi connectivity index (χ3n) is 3.40. The van der Waals surface area contributed by atoms with Crippen LogP contribution in [0.1, 0.15) is 39.5 Å². The van der Waals surface area contributed by atoms with E-state index in [0.717, 1.165) is 19.3 Å². The van der Waals surface area contributed by atoms with Crippen molar-refractivity contribution in [1.29, 1.82) is 0 Å². The molecule has 0 aromatic carbocycles. The molecular formula is C11H21NO. The Kier molecular flexibility index (Phi) is 2.61. The van der Waals surface area contributed by atoms with Crippen molar-refractivity contribution in [1.82, 2.24) is 5.32 Å². The van der Waals surface area contributed by atoms with Gasteiger partial charge in [0.25, 0.3) is 0 Å². The quantitative estimate of drug-likeness (QED) is 0.706. The van der Waals surface area contributed by atoms with E-state index in [1.165, 1.54) is 25.7 Å². The van der Waals surface area contributed by atoms with Crippen LogP contribution < -0.4 is 5.32 Å². The summed E-state index contributed by atoms with van der Waals surface area (Å²) in [4.78, 5) is 0. The lowest BCUT2D eigenvalue weighted by atomic mass is 10.1. The molecule has 2 atom stereocenters. The molecule has 76 valence electrons. The fourth-order valence-electron chi connectivity index (χ4n) is 2.11. The van der Waals surface area contributed by atoms with Crippen molar-refractivity contribution in [3.63, 3.8) is 0 Å². The summed E-state index contributed by atoms with van der Waals surface area (Å²) in [5, 5.41) is 3.74. The number of nitrogens with one attached hydrogen (secondary N) is 1. The fourth-order valence-corrected chi connectivity index (χ4v) is 2.11. The summed E-state index contributed by atoms with van der Waals surface area (Å²) in [6, 6.07) is 1.49. The molecule has 2 nitrogen and oxygen atoms in total. The molecule has 13 heavy (non-hydrogen) atoms. The molecule has 2 heteroatoms. The highest BCUT2D eigenvalue weighted by atomic mass is 16.5. The van der Waals surface area contributed by atoms with Gasteiger partial charge in [0.05, 0.1) is 0 Å². The predicted octanol–water partition coefficient (Wildman–Crippen LogP) is 1.94. The monoisotopic (exact) mass is 183 g/mol. The molecule has 0 bridgehead atoms. The van der Waals surface area contributed by atoms with Crippen LogP contribution in [0.25, 0.3) is 0 Å². The molecule has 2 aliphatic rings. The molecule has 1 saturated carbocycles. The van der Waals surface area contributed by atoms with Crippen molar-refractivity contribution in [2.75, 3.05) is 13.2 Å². The normalized spacial score (nSPS) is 38.3. The average Bonchev–Trinajstić information content (AvgIpc) is 2.73. The zero-order valence-corrected chi connectivity index (χ0v) is 8.81. The van der Waals surface area contributed by atoms with Gasteiger partial charge in [-0.1, -0.05) is 13.8 Å². The predicted molar refractivity (Wildman–Crippen MR) is 53.8 cm³/mol. The van der Waals surface area contributed by atoms with E-state index >= 15 is 0 Å². The van der Waals surface area contributed by atoms with Crippen LogP contribution in [0.2, 0.25) is 0 Å². The summed E-state index contributed by atoms with van der Waals surface area (Å²) < 4.78 is 5.44. The zero-order valence-electron chi connectivity index (χ0n) is 8.81. The minimum atomic E-state index is 0.563. The largest absolute Gasteiger partial charge is 0.381 e. The van der Waals surface area contributed by atoms with Crippen LogP contribution in [0.5, 0.6) is 0 Å². The first kappa shape index (κ1) is 9.47. The van der Waals surface area contributed by atoms with Gasteiger partial charge in [-0.05, 0) is 31.1 Å². The molecule has 1 heterocycles. The molecule has 1 N–H and O–H groups in total. The summed E-state index contributed by atoms with van der Waals surface area (Å²) >= 11 is 0. The van der Waals surface area contributed by atoms with E-state index in [1.807, 2.05) is 0 Å². The second-order valence-corrected chi connectivity index (χ2v) is 5.15. The van der Waals surface area contributed by atoms with Crippen molar-refractivity contribution in [2.45, 2.75) is 51.6 Å². The van der Waals surface area contributed by atoms with E-state index in [2.05, 4.69) is 19.2 Å². The van der Waals surface area contributed by atoms with Gasteiger partial charge in [0.2, 0.25) is 0 Å². The van der Waals surface area contributed by atoms with Crippen LogP contribution in [0.4, 0.5) is 0 Å². The summed E-state index contributed by atoms with van der Waals surface area (Å²) in [6.45, 7) is 6.60. The van der Waals surface area contributed by atoms with Crippen molar-refractivity contribution in [2.24, 2.45) is 5.41 Å². The lowest BCUT2D eigenvalue weighted by molar-refractivity contribution is 0.142. The minimum absolute atomic E-state index is 0.563. The Morgan fingerprint density at radius 3 is 2.69 bits per heavy atom. The maximum Gasteiger partial charge on any atom is 0.0480 e. The Bertz CT molecular complexity index is 171. The van der Waals surface area contributed by atoms with E-state index in [1.54, 1.807) is 0 Å². The number of ether oxygens (including phenoxy) is 1. The Balaban J connectivity index is 1.74. The number of rotatable bonds is 2. The van der Waals surface area contributed by atoms with Crippen molar-refractivity contribution < 1.29 is 4.74 Å². The van der Waals surface area contributed by atoms with Gasteiger partial charge in [-0.25, -0.2) is 0 Å². The molecule has 0 radical (unpaired) electrons. The molecule has 0 spiro atoms. The van der Waals surface area contributed by atoms with E-state index in [0.29, 0.717) is 11.5 Å². The third kappa shape index (κ3) is 2.44. The van der Waals surface area contributed by atoms with Gasteiger partial charge in [0.1, 0.15) is 0 Å². The molecule has 0 amide bonds. The summed E-state index contributed by atoms with van der Waals surface area (Å²) in [7, 11) is 0. The average molecular weight is 183 g/mol. The molecule has 1 aliphatic carbocycles. The van der Waals surface area contributed by atoms with Crippen LogP contribution in [0.15, 0.2) is 0 Å². The Morgan fingerprint density at radius 2 is 2.00 bits per heavy atom. The summed E-state index contributed by atoms with van der Waals surface area (Å²) in [5.41, 5.74) is 0.563. The zero-order chi connectivity index (χ0) is 9.31.